The van der Waals surface area contributed by atoms with Crippen LogP contribution in [0.5, 0.6) is 0 Å². The third-order valence-corrected chi connectivity index (χ3v) is 6.85. The third-order valence-electron chi connectivity index (χ3n) is 4.14. The highest BCUT2D eigenvalue weighted by Crippen LogP contribution is 2.24. The summed E-state index contributed by atoms with van der Waals surface area (Å²) in [6, 6.07) is 7.54. The number of aryl methyl sites for hydroxylation is 1. The van der Waals surface area contributed by atoms with Crippen LogP contribution in [0.15, 0.2) is 29.6 Å². The summed E-state index contributed by atoms with van der Waals surface area (Å²) in [5.41, 5.74) is 2.73. The SMILES string of the molecule is Cc1ccc(-c2nc(CC(=O)OCC(=O)N[C@@H]3CCS(=O)(=O)C3)cs2)cc1. The molecular formula is C18H20N2O5S2. The van der Waals surface area contributed by atoms with Crippen molar-refractivity contribution in [2.24, 2.45) is 0 Å². The molecule has 0 radical (unpaired) electrons. The van der Waals surface area contributed by atoms with E-state index in [0.29, 0.717) is 12.1 Å². The van der Waals surface area contributed by atoms with Gasteiger partial charge in [-0.3, -0.25) is 9.59 Å². The summed E-state index contributed by atoms with van der Waals surface area (Å²) in [6.45, 7) is 1.58. The minimum absolute atomic E-state index is 0.0204. The number of esters is 1. The van der Waals surface area contributed by atoms with E-state index in [2.05, 4.69) is 10.3 Å². The summed E-state index contributed by atoms with van der Waals surface area (Å²) in [5.74, 6) is -1.04. The van der Waals surface area contributed by atoms with Crippen molar-refractivity contribution in [3.63, 3.8) is 0 Å². The van der Waals surface area contributed by atoms with Crippen LogP contribution in [0.4, 0.5) is 0 Å². The normalized spacial score (nSPS) is 18.2. The third kappa shape index (κ3) is 5.61. The van der Waals surface area contributed by atoms with E-state index >= 15 is 0 Å². The van der Waals surface area contributed by atoms with E-state index in [1.165, 1.54) is 11.3 Å². The fraction of sp³-hybridized carbons (Fsp3) is 0.389. The first-order valence-electron chi connectivity index (χ1n) is 8.47. The average molecular weight is 409 g/mol. The van der Waals surface area contributed by atoms with Crippen LogP contribution in [0.3, 0.4) is 0 Å². The summed E-state index contributed by atoms with van der Waals surface area (Å²) in [7, 11) is -3.07. The van der Waals surface area contributed by atoms with Crippen molar-refractivity contribution in [2.45, 2.75) is 25.8 Å². The number of hydrogen-bond acceptors (Lipinski definition) is 7. The molecule has 1 aromatic heterocycles. The van der Waals surface area contributed by atoms with Crippen LogP contribution in [0.2, 0.25) is 0 Å². The quantitative estimate of drug-likeness (QED) is 0.727. The Labute approximate surface area is 161 Å². The largest absolute Gasteiger partial charge is 0.455 e. The lowest BCUT2D eigenvalue weighted by atomic mass is 10.2. The van der Waals surface area contributed by atoms with Crippen LogP contribution in [0.25, 0.3) is 10.6 Å². The van der Waals surface area contributed by atoms with E-state index in [1.807, 2.05) is 31.2 Å². The fourth-order valence-corrected chi connectivity index (χ4v) is 5.24. The monoisotopic (exact) mass is 408 g/mol. The first kappa shape index (κ1) is 19.5. The second-order valence-corrected chi connectivity index (χ2v) is 9.60. The molecular weight excluding hydrogens is 388 g/mol. The van der Waals surface area contributed by atoms with Gasteiger partial charge in [-0.1, -0.05) is 29.8 Å². The maximum Gasteiger partial charge on any atom is 0.312 e. The Kier molecular flexibility index (Phi) is 5.91. The van der Waals surface area contributed by atoms with E-state index in [9.17, 15) is 18.0 Å². The van der Waals surface area contributed by atoms with E-state index in [1.54, 1.807) is 5.38 Å². The van der Waals surface area contributed by atoms with Crippen LogP contribution < -0.4 is 5.32 Å². The topological polar surface area (TPSA) is 102 Å². The molecule has 0 unspecified atom stereocenters. The molecule has 0 spiro atoms. The zero-order valence-electron chi connectivity index (χ0n) is 14.8. The predicted molar refractivity (Wildman–Crippen MR) is 102 cm³/mol. The number of nitrogens with zero attached hydrogens (tertiary/aromatic N) is 1. The zero-order valence-corrected chi connectivity index (χ0v) is 16.4. The summed E-state index contributed by atoms with van der Waals surface area (Å²) in [5, 5.41) is 5.18. The maximum absolute atomic E-state index is 11.9. The van der Waals surface area contributed by atoms with E-state index in [4.69, 9.17) is 4.74 Å². The van der Waals surface area contributed by atoms with Crippen LogP contribution in [-0.2, 0) is 30.6 Å². The second-order valence-electron chi connectivity index (χ2n) is 6.51. The molecule has 1 N–H and O–H groups in total. The molecule has 1 amide bonds. The van der Waals surface area contributed by atoms with Gasteiger partial charge in [-0.15, -0.1) is 11.3 Å². The number of thiazole rings is 1. The maximum atomic E-state index is 11.9. The van der Waals surface area contributed by atoms with Gasteiger partial charge in [0.1, 0.15) is 5.01 Å². The Morgan fingerprint density at radius 1 is 1.30 bits per heavy atom. The molecule has 1 aliphatic rings. The first-order valence-corrected chi connectivity index (χ1v) is 11.2. The number of aromatic nitrogens is 1. The molecule has 1 aliphatic heterocycles. The van der Waals surface area contributed by atoms with Gasteiger partial charge in [0, 0.05) is 17.0 Å². The average Bonchev–Trinajstić information content (AvgIpc) is 3.20. The number of hydrogen-bond donors (Lipinski definition) is 1. The Bertz CT molecular complexity index is 935. The smallest absolute Gasteiger partial charge is 0.312 e. The molecule has 9 heteroatoms. The molecule has 0 aliphatic carbocycles. The molecule has 0 bridgehead atoms. The van der Waals surface area contributed by atoms with Gasteiger partial charge in [0.2, 0.25) is 0 Å². The Hall–Kier alpha value is -2.26. The van der Waals surface area contributed by atoms with Gasteiger partial charge in [-0.2, -0.15) is 0 Å². The fourth-order valence-electron chi connectivity index (χ4n) is 2.74. The lowest BCUT2D eigenvalue weighted by Gasteiger charge is -2.10. The van der Waals surface area contributed by atoms with Crippen molar-refractivity contribution >= 4 is 33.1 Å². The standard InChI is InChI=1S/C18H20N2O5S2/c1-12-2-4-13(5-3-12)18-20-15(10-26-18)8-17(22)25-9-16(21)19-14-6-7-27(23,24)11-14/h2-5,10,14H,6-9,11H2,1H3,(H,19,21)/t14-/m1/s1. The van der Waals surface area contributed by atoms with Crippen LogP contribution in [0.1, 0.15) is 17.7 Å². The first-order chi connectivity index (χ1) is 12.8. The van der Waals surface area contributed by atoms with Crippen molar-refractivity contribution < 1.29 is 22.7 Å². The molecule has 2 aromatic rings. The molecule has 27 heavy (non-hydrogen) atoms. The number of nitrogens with one attached hydrogen (secondary N) is 1. The van der Waals surface area contributed by atoms with E-state index < -0.39 is 34.4 Å². The highest BCUT2D eigenvalue weighted by atomic mass is 32.2. The molecule has 7 nitrogen and oxygen atoms in total. The Balaban J connectivity index is 1.45. The predicted octanol–water partition coefficient (Wildman–Crippen LogP) is 1.51. The molecule has 144 valence electrons. The van der Waals surface area contributed by atoms with Gasteiger partial charge >= 0.3 is 5.97 Å². The van der Waals surface area contributed by atoms with Gasteiger partial charge in [0.05, 0.1) is 23.6 Å². The molecule has 1 atom stereocenters. The molecule has 1 saturated heterocycles. The Morgan fingerprint density at radius 3 is 2.70 bits per heavy atom. The highest BCUT2D eigenvalue weighted by Gasteiger charge is 2.29. The van der Waals surface area contributed by atoms with Gasteiger partial charge < -0.3 is 10.1 Å². The number of rotatable bonds is 6. The van der Waals surface area contributed by atoms with Gasteiger partial charge in [0.25, 0.3) is 5.91 Å². The number of carbonyl (C=O) groups excluding carboxylic acids is 2. The summed E-state index contributed by atoms with van der Waals surface area (Å²) in [6.07, 6.45) is 0.371. The summed E-state index contributed by atoms with van der Waals surface area (Å²) in [4.78, 5) is 28.1. The molecule has 0 saturated carbocycles. The van der Waals surface area contributed by atoms with Crippen molar-refractivity contribution in [3.8, 4) is 10.6 Å². The van der Waals surface area contributed by atoms with Gasteiger partial charge in [0.15, 0.2) is 16.4 Å². The number of benzene rings is 1. The Morgan fingerprint density at radius 2 is 2.04 bits per heavy atom. The van der Waals surface area contributed by atoms with Crippen molar-refractivity contribution in [1.82, 2.24) is 10.3 Å². The second kappa shape index (κ2) is 8.18. The number of sulfone groups is 1. The van der Waals surface area contributed by atoms with E-state index in [-0.39, 0.29) is 17.9 Å². The van der Waals surface area contributed by atoms with Crippen LogP contribution in [-0.4, -0.2) is 49.4 Å². The van der Waals surface area contributed by atoms with Crippen LogP contribution in [0, 0.1) is 6.92 Å². The van der Waals surface area contributed by atoms with Gasteiger partial charge in [-0.25, -0.2) is 13.4 Å². The summed E-state index contributed by atoms with van der Waals surface area (Å²) >= 11 is 1.44. The molecule has 1 aromatic carbocycles. The minimum atomic E-state index is -3.07. The van der Waals surface area contributed by atoms with Crippen LogP contribution >= 0.6 is 11.3 Å². The number of carbonyl (C=O) groups is 2. The minimum Gasteiger partial charge on any atom is -0.455 e. The lowest BCUT2D eigenvalue weighted by molar-refractivity contribution is -0.148. The van der Waals surface area contributed by atoms with E-state index in [0.717, 1.165) is 16.1 Å². The van der Waals surface area contributed by atoms with Crippen molar-refractivity contribution in [1.29, 1.82) is 0 Å². The van der Waals surface area contributed by atoms with Crippen molar-refractivity contribution in [3.05, 3.63) is 40.9 Å². The molecule has 3 rings (SSSR count). The lowest BCUT2D eigenvalue weighted by Crippen LogP contribution is -2.38. The zero-order chi connectivity index (χ0) is 19.4. The van der Waals surface area contributed by atoms with Crippen molar-refractivity contribution in [2.75, 3.05) is 18.1 Å². The highest BCUT2D eigenvalue weighted by molar-refractivity contribution is 7.91. The molecule has 2 heterocycles. The number of amides is 1. The summed E-state index contributed by atoms with van der Waals surface area (Å²) < 4.78 is 27.7. The molecule has 1 fully saturated rings. The van der Waals surface area contributed by atoms with Gasteiger partial charge in [-0.05, 0) is 13.3 Å². The number of ether oxygens (including phenoxy) is 1.